The number of ether oxygens (including phenoxy) is 2. The van der Waals surface area contributed by atoms with Crippen LogP contribution in [0.1, 0.15) is 25.5 Å². The zero-order valence-corrected chi connectivity index (χ0v) is 13.1. The Bertz CT molecular complexity index is 595. The molecule has 0 aromatic heterocycles. The third kappa shape index (κ3) is 4.25. The van der Waals surface area contributed by atoms with Gasteiger partial charge in [0.15, 0.2) is 6.10 Å². The van der Waals surface area contributed by atoms with Gasteiger partial charge < -0.3 is 14.8 Å². The Balaban J connectivity index is 1.91. The lowest BCUT2D eigenvalue weighted by Gasteiger charge is -2.19. The van der Waals surface area contributed by atoms with Crippen LogP contribution in [0.25, 0.3) is 0 Å². The van der Waals surface area contributed by atoms with E-state index in [2.05, 4.69) is 5.32 Å². The van der Waals surface area contributed by atoms with Gasteiger partial charge in [-0.2, -0.15) is 0 Å². The summed E-state index contributed by atoms with van der Waals surface area (Å²) in [6, 6.07) is 16.9. The highest BCUT2D eigenvalue weighted by molar-refractivity contribution is 5.81. The standard InChI is InChI=1S/C18H21NO3/c1-13(15-7-5-4-6-8-15)19-18(20)14(2)22-17-11-9-16(21-3)10-12-17/h4-14H,1-3H3,(H,19,20)/t13-,14+/m0/s1. The molecule has 0 radical (unpaired) electrons. The molecule has 0 saturated carbocycles. The summed E-state index contributed by atoms with van der Waals surface area (Å²) >= 11 is 0. The van der Waals surface area contributed by atoms with E-state index in [-0.39, 0.29) is 11.9 Å². The fourth-order valence-electron chi connectivity index (χ4n) is 2.07. The van der Waals surface area contributed by atoms with Gasteiger partial charge in [0.2, 0.25) is 0 Å². The highest BCUT2D eigenvalue weighted by Crippen LogP contribution is 2.18. The van der Waals surface area contributed by atoms with Gasteiger partial charge in [0.1, 0.15) is 11.5 Å². The summed E-state index contributed by atoms with van der Waals surface area (Å²) in [5, 5.41) is 2.95. The Kier molecular flexibility index (Phi) is 5.42. The molecule has 116 valence electrons. The second-order valence-corrected chi connectivity index (χ2v) is 5.08. The molecular formula is C18H21NO3. The largest absolute Gasteiger partial charge is 0.497 e. The molecule has 1 N–H and O–H groups in total. The van der Waals surface area contributed by atoms with Gasteiger partial charge in [-0.25, -0.2) is 0 Å². The summed E-state index contributed by atoms with van der Waals surface area (Å²) in [7, 11) is 1.61. The maximum Gasteiger partial charge on any atom is 0.261 e. The van der Waals surface area contributed by atoms with Crippen LogP contribution in [0.5, 0.6) is 11.5 Å². The van der Waals surface area contributed by atoms with Gasteiger partial charge >= 0.3 is 0 Å². The summed E-state index contributed by atoms with van der Waals surface area (Å²) < 4.78 is 10.7. The first-order valence-electron chi connectivity index (χ1n) is 7.26. The number of hydrogen-bond donors (Lipinski definition) is 1. The summed E-state index contributed by atoms with van der Waals surface area (Å²) in [6.45, 7) is 3.69. The van der Waals surface area contributed by atoms with Crippen LogP contribution in [0.4, 0.5) is 0 Å². The van der Waals surface area contributed by atoms with E-state index < -0.39 is 6.10 Å². The molecule has 0 aliphatic rings. The van der Waals surface area contributed by atoms with Crippen LogP contribution < -0.4 is 14.8 Å². The van der Waals surface area contributed by atoms with Crippen molar-refractivity contribution in [3.05, 3.63) is 60.2 Å². The van der Waals surface area contributed by atoms with Crippen LogP contribution in [0.15, 0.2) is 54.6 Å². The average Bonchev–Trinajstić information content (AvgIpc) is 2.56. The maximum atomic E-state index is 12.2. The first-order valence-corrected chi connectivity index (χ1v) is 7.26. The number of carbonyl (C=O) groups is 1. The zero-order valence-electron chi connectivity index (χ0n) is 13.1. The number of amides is 1. The quantitative estimate of drug-likeness (QED) is 0.890. The summed E-state index contributed by atoms with van der Waals surface area (Å²) in [5.41, 5.74) is 1.06. The molecule has 0 aliphatic carbocycles. The van der Waals surface area contributed by atoms with Crippen molar-refractivity contribution >= 4 is 5.91 Å². The fraction of sp³-hybridized carbons (Fsp3) is 0.278. The number of hydrogen-bond acceptors (Lipinski definition) is 3. The Morgan fingerprint density at radius 2 is 1.55 bits per heavy atom. The minimum absolute atomic E-state index is 0.0596. The first-order chi connectivity index (χ1) is 10.6. The molecule has 0 bridgehead atoms. The normalized spacial score (nSPS) is 13.0. The molecule has 22 heavy (non-hydrogen) atoms. The number of nitrogens with one attached hydrogen (secondary N) is 1. The van der Waals surface area contributed by atoms with Crippen molar-refractivity contribution in [2.24, 2.45) is 0 Å². The van der Waals surface area contributed by atoms with E-state index in [9.17, 15) is 4.79 Å². The van der Waals surface area contributed by atoms with Gasteiger partial charge in [0.25, 0.3) is 5.91 Å². The summed E-state index contributed by atoms with van der Waals surface area (Å²) in [5.74, 6) is 1.24. The predicted octanol–water partition coefficient (Wildman–Crippen LogP) is 3.34. The van der Waals surface area contributed by atoms with Gasteiger partial charge in [-0.05, 0) is 43.7 Å². The molecule has 1 amide bonds. The lowest BCUT2D eigenvalue weighted by atomic mass is 10.1. The fourth-order valence-corrected chi connectivity index (χ4v) is 2.07. The second-order valence-electron chi connectivity index (χ2n) is 5.08. The van der Waals surface area contributed by atoms with E-state index in [1.54, 1.807) is 38.3 Å². The Hall–Kier alpha value is -2.49. The van der Waals surface area contributed by atoms with Crippen molar-refractivity contribution in [1.29, 1.82) is 0 Å². The molecule has 0 saturated heterocycles. The molecule has 0 heterocycles. The van der Waals surface area contributed by atoms with Crippen LogP contribution in [0.3, 0.4) is 0 Å². The highest BCUT2D eigenvalue weighted by atomic mass is 16.5. The Morgan fingerprint density at radius 3 is 2.14 bits per heavy atom. The number of carbonyl (C=O) groups excluding carboxylic acids is 1. The smallest absolute Gasteiger partial charge is 0.261 e. The lowest BCUT2D eigenvalue weighted by molar-refractivity contribution is -0.127. The molecule has 2 atom stereocenters. The summed E-state index contributed by atoms with van der Waals surface area (Å²) in [6.07, 6.45) is -0.570. The molecule has 0 unspecified atom stereocenters. The van der Waals surface area contributed by atoms with E-state index >= 15 is 0 Å². The molecule has 0 fully saturated rings. The van der Waals surface area contributed by atoms with E-state index in [4.69, 9.17) is 9.47 Å². The van der Waals surface area contributed by atoms with Crippen LogP contribution in [0.2, 0.25) is 0 Å². The lowest BCUT2D eigenvalue weighted by Crippen LogP contribution is -2.37. The van der Waals surface area contributed by atoms with Crippen molar-refractivity contribution in [1.82, 2.24) is 5.32 Å². The minimum atomic E-state index is -0.570. The molecule has 0 aliphatic heterocycles. The zero-order chi connectivity index (χ0) is 15.9. The Morgan fingerprint density at radius 1 is 0.955 bits per heavy atom. The molecule has 0 spiro atoms. The second kappa shape index (κ2) is 7.50. The molecule has 4 heteroatoms. The van der Waals surface area contributed by atoms with Crippen LogP contribution in [0, 0.1) is 0 Å². The third-order valence-corrected chi connectivity index (χ3v) is 3.40. The molecule has 2 aromatic rings. The topological polar surface area (TPSA) is 47.6 Å². The van der Waals surface area contributed by atoms with Crippen LogP contribution in [-0.4, -0.2) is 19.1 Å². The molecule has 2 aromatic carbocycles. The number of benzene rings is 2. The number of rotatable bonds is 6. The van der Waals surface area contributed by atoms with E-state index in [0.717, 1.165) is 11.3 Å². The highest BCUT2D eigenvalue weighted by Gasteiger charge is 2.17. The van der Waals surface area contributed by atoms with Gasteiger partial charge in [0, 0.05) is 0 Å². The minimum Gasteiger partial charge on any atom is -0.497 e. The van der Waals surface area contributed by atoms with Gasteiger partial charge in [-0.3, -0.25) is 4.79 Å². The van der Waals surface area contributed by atoms with Gasteiger partial charge in [0.05, 0.1) is 13.2 Å². The predicted molar refractivity (Wildman–Crippen MR) is 86.1 cm³/mol. The molecular weight excluding hydrogens is 278 g/mol. The number of methoxy groups -OCH3 is 1. The van der Waals surface area contributed by atoms with Crippen molar-refractivity contribution in [2.75, 3.05) is 7.11 Å². The van der Waals surface area contributed by atoms with Gasteiger partial charge in [-0.1, -0.05) is 30.3 Å². The average molecular weight is 299 g/mol. The maximum absolute atomic E-state index is 12.2. The Labute approximate surface area is 131 Å². The SMILES string of the molecule is COc1ccc(O[C@H](C)C(=O)N[C@@H](C)c2ccccc2)cc1. The monoisotopic (exact) mass is 299 g/mol. The van der Waals surface area contributed by atoms with E-state index in [0.29, 0.717) is 5.75 Å². The first kappa shape index (κ1) is 15.9. The van der Waals surface area contributed by atoms with E-state index in [1.165, 1.54) is 0 Å². The van der Waals surface area contributed by atoms with E-state index in [1.807, 2.05) is 37.3 Å². The van der Waals surface area contributed by atoms with Crippen LogP contribution >= 0.6 is 0 Å². The van der Waals surface area contributed by atoms with Crippen molar-refractivity contribution in [3.63, 3.8) is 0 Å². The third-order valence-electron chi connectivity index (χ3n) is 3.40. The molecule has 4 nitrogen and oxygen atoms in total. The van der Waals surface area contributed by atoms with Gasteiger partial charge in [-0.15, -0.1) is 0 Å². The summed E-state index contributed by atoms with van der Waals surface area (Å²) in [4.78, 5) is 12.2. The van der Waals surface area contributed by atoms with Crippen molar-refractivity contribution in [2.45, 2.75) is 26.0 Å². The van der Waals surface area contributed by atoms with Crippen molar-refractivity contribution in [3.8, 4) is 11.5 Å². The van der Waals surface area contributed by atoms with Crippen molar-refractivity contribution < 1.29 is 14.3 Å². The molecule has 2 rings (SSSR count). The van der Waals surface area contributed by atoms with Crippen LogP contribution in [-0.2, 0) is 4.79 Å².